The second-order valence-electron chi connectivity index (χ2n) is 7.70. The summed E-state index contributed by atoms with van der Waals surface area (Å²) in [5.74, 6) is -0.405. The standard InChI is InChI=1S/C22H43NO4/c1-5-7-9-10-11-12-13-14-15-16-18-26-21(24)20(19(3)4)23-22(25)27-17-8-6-2/h19-20H,5-18H2,1-4H3,(H,23,25). The molecule has 5 nitrogen and oxygen atoms in total. The zero-order chi connectivity index (χ0) is 20.3. The smallest absolute Gasteiger partial charge is 0.407 e. The molecule has 160 valence electrons. The molecular weight excluding hydrogens is 342 g/mol. The molecule has 0 saturated heterocycles. The predicted octanol–water partition coefficient (Wildman–Crippen LogP) is 6.00. The Hall–Kier alpha value is -1.26. The highest BCUT2D eigenvalue weighted by atomic mass is 16.6. The van der Waals surface area contributed by atoms with Crippen molar-refractivity contribution in [2.75, 3.05) is 13.2 Å². The van der Waals surface area contributed by atoms with Crippen LogP contribution in [0.15, 0.2) is 0 Å². The van der Waals surface area contributed by atoms with Crippen LogP contribution in [0.5, 0.6) is 0 Å². The molecule has 0 bridgehead atoms. The summed E-state index contributed by atoms with van der Waals surface area (Å²) in [6.07, 6.45) is 13.7. The van der Waals surface area contributed by atoms with E-state index in [0.29, 0.717) is 13.2 Å². The third-order valence-corrected chi connectivity index (χ3v) is 4.67. The van der Waals surface area contributed by atoms with Crippen LogP contribution in [0.2, 0.25) is 0 Å². The fraction of sp³-hybridized carbons (Fsp3) is 0.909. The van der Waals surface area contributed by atoms with Crippen LogP contribution in [-0.4, -0.2) is 31.3 Å². The minimum atomic E-state index is -0.651. The van der Waals surface area contributed by atoms with E-state index in [0.717, 1.165) is 25.7 Å². The number of amides is 1. The van der Waals surface area contributed by atoms with Gasteiger partial charge in [0.2, 0.25) is 0 Å². The van der Waals surface area contributed by atoms with Gasteiger partial charge in [0, 0.05) is 0 Å². The van der Waals surface area contributed by atoms with Gasteiger partial charge in [0.15, 0.2) is 0 Å². The lowest BCUT2D eigenvalue weighted by Crippen LogP contribution is -2.45. The number of carbonyl (C=O) groups excluding carboxylic acids is 2. The number of carbonyl (C=O) groups is 2. The van der Waals surface area contributed by atoms with E-state index in [1.165, 1.54) is 51.4 Å². The van der Waals surface area contributed by atoms with Gasteiger partial charge in [-0.1, -0.05) is 91.9 Å². The normalized spacial score (nSPS) is 12.0. The fourth-order valence-electron chi connectivity index (χ4n) is 2.83. The minimum Gasteiger partial charge on any atom is -0.464 e. The molecule has 0 heterocycles. The monoisotopic (exact) mass is 385 g/mol. The quantitative estimate of drug-likeness (QED) is 0.246. The Labute approximate surface area is 167 Å². The Morgan fingerprint density at radius 1 is 0.704 bits per heavy atom. The van der Waals surface area contributed by atoms with Crippen molar-refractivity contribution in [1.82, 2.24) is 5.32 Å². The molecule has 0 aliphatic carbocycles. The third-order valence-electron chi connectivity index (χ3n) is 4.67. The van der Waals surface area contributed by atoms with Crippen molar-refractivity contribution in [1.29, 1.82) is 0 Å². The zero-order valence-corrected chi connectivity index (χ0v) is 18.2. The summed E-state index contributed by atoms with van der Waals surface area (Å²) >= 11 is 0. The van der Waals surface area contributed by atoms with Crippen LogP contribution in [0.3, 0.4) is 0 Å². The zero-order valence-electron chi connectivity index (χ0n) is 18.2. The lowest BCUT2D eigenvalue weighted by Gasteiger charge is -2.20. The van der Waals surface area contributed by atoms with E-state index in [9.17, 15) is 9.59 Å². The van der Waals surface area contributed by atoms with Crippen molar-refractivity contribution >= 4 is 12.1 Å². The topological polar surface area (TPSA) is 64.6 Å². The van der Waals surface area contributed by atoms with Crippen molar-refractivity contribution < 1.29 is 19.1 Å². The van der Waals surface area contributed by atoms with E-state index in [4.69, 9.17) is 9.47 Å². The summed E-state index contributed by atoms with van der Waals surface area (Å²) in [6, 6.07) is -0.651. The van der Waals surface area contributed by atoms with E-state index >= 15 is 0 Å². The molecule has 27 heavy (non-hydrogen) atoms. The first kappa shape index (κ1) is 25.7. The summed E-state index contributed by atoms with van der Waals surface area (Å²) in [5, 5.41) is 2.63. The second kappa shape index (κ2) is 18.1. The number of rotatable bonds is 17. The van der Waals surface area contributed by atoms with Gasteiger partial charge in [0.1, 0.15) is 6.04 Å². The molecule has 1 unspecified atom stereocenters. The largest absolute Gasteiger partial charge is 0.464 e. The molecule has 5 heteroatoms. The Bertz CT molecular complexity index is 371. The molecular formula is C22H43NO4. The van der Waals surface area contributed by atoms with Crippen molar-refractivity contribution in [3.8, 4) is 0 Å². The van der Waals surface area contributed by atoms with E-state index in [1.807, 2.05) is 20.8 Å². The first-order valence-electron chi connectivity index (χ1n) is 11.1. The van der Waals surface area contributed by atoms with Crippen molar-refractivity contribution in [3.63, 3.8) is 0 Å². The van der Waals surface area contributed by atoms with Crippen molar-refractivity contribution in [2.24, 2.45) is 5.92 Å². The van der Waals surface area contributed by atoms with Crippen molar-refractivity contribution in [3.05, 3.63) is 0 Å². The first-order chi connectivity index (χ1) is 13.0. The Morgan fingerprint density at radius 2 is 1.19 bits per heavy atom. The molecule has 0 aliphatic rings. The maximum absolute atomic E-state index is 12.2. The van der Waals surface area contributed by atoms with Crippen LogP contribution in [0, 0.1) is 5.92 Å². The predicted molar refractivity (Wildman–Crippen MR) is 111 cm³/mol. The van der Waals surface area contributed by atoms with Gasteiger partial charge in [-0.05, 0) is 18.8 Å². The molecule has 1 atom stereocenters. The van der Waals surface area contributed by atoms with Crippen LogP contribution in [0.25, 0.3) is 0 Å². The highest BCUT2D eigenvalue weighted by Crippen LogP contribution is 2.11. The third kappa shape index (κ3) is 15.5. The van der Waals surface area contributed by atoms with Crippen LogP contribution in [-0.2, 0) is 14.3 Å². The van der Waals surface area contributed by atoms with Gasteiger partial charge in [-0.2, -0.15) is 0 Å². The minimum absolute atomic E-state index is 0.0380. The van der Waals surface area contributed by atoms with E-state index < -0.39 is 12.1 Å². The van der Waals surface area contributed by atoms with Gasteiger partial charge in [-0.3, -0.25) is 0 Å². The van der Waals surface area contributed by atoms with Gasteiger partial charge in [0.25, 0.3) is 0 Å². The number of hydrogen-bond acceptors (Lipinski definition) is 4. The molecule has 0 spiro atoms. The van der Waals surface area contributed by atoms with Crippen molar-refractivity contribution in [2.45, 2.75) is 111 Å². The number of alkyl carbamates (subject to hydrolysis) is 1. The summed E-state index contributed by atoms with van der Waals surface area (Å²) < 4.78 is 10.4. The molecule has 1 amide bonds. The second-order valence-corrected chi connectivity index (χ2v) is 7.70. The van der Waals surface area contributed by atoms with E-state index in [2.05, 4.69) is 12.2 Å². The number of nitrogens with one attached hydrogen (secondary N) is 1. The lowest BCUT2D eigenvalue weighted by molar-refractivity contribution is -0.147. The molecule has 0 aromatic heterocycles. The van der Waals surface area contributed by atoms with Gasteiger partial charge in [-0.25, -0.2) is 9.59 Å². The molecule has 0 saturated carbocycles. The number of hydrogen-bond donors (Lipinski definition) is 1. The van der Waals surface area contributed by atoms with Crippen LogP contribution in [0.1, 0.15) is 105 Å². The first-order valence-corrected chi connectivity index (χ1v) is 11.1. The highest BCUT2D eigenvalue weighted by molar-refractivity contribution is 5.81. The van der Waals surface area contributed by atoms with Gasteiger partial charge >= 0.3 is 12.1 Å². The molecule has 0 fully saturated rings. The summed E-state index contributed by atoms with van der Waals surface area (Å²) in [7, 11) is 0. The molecule has 0 rings (SSSR count). The van der Waals surface area contributed by atoms with Gasteiger partial charge in [-0.15, -0.1) is 0 Å². The molecule has 0 aromatic rings. The Morgan fingerprint density at radius 3 is 1.70 bits per heavy atom. The number of unbranched alkanes of at least 4 members (excludes halogenated alkanes) is 10. The summed E-state index contributed by atoms with van der Waals surface area (Å²) in [6.45, 7) is 8.85. The molecule has 1 N–H and O–H groups in total. The highest BCUT2D eigenvalue weighted by Gasteiger charge is 2.26. The van der Waals surface area contributed by atoms with Gasteiger partial charge < -0.3 is 14.8 Å². The Kier molecular flexibility index (Phi) is 17.3. The lowest BCUT2D eigenvalue weighted by atomic mass is 10.1. The van der Waals surface area contributed by atoms with Gasteiger partial charge in [0.05, 0.1) is 13.2 Å². The number of esters is 1. The molecule has 0 radical (unpaired) electrons. The van der Waals surface area contributed by atoms with Crippen LogP contribution >= 0.6 is 0 Å². The maximum Gasteiger partial charge on any atom is 0.407 e. The van der Waals surface area contributed by atoms with E-state index in [1.54, 1.807) is 0 Å². The molecule has 0 aliphatic heterocycles. The van der Waals surface area contributed by atoms with Crippen LogP contribution < -0.4 is 5.32 Å². The van der Waals surface area contributed by atoms with Crippen LogP contribution in [0.4, 0.5) is 4.79 Å². The Balaban J connectivity index is 3.78. The maximum atomic E-state index is 12.2. The average molecular weight is 386 g/mol. The average Bonchev–Trinajstić information content (AvgIpc) is 2.64. The summed E-state index contributed by atoms with van der Waals surface area (Å²) in [4.78, 5) is 24.0. The van der Waals surface area contributed by atoms with E-state index in [-0.39, 0.29) is 11.9 Å². The summed E-state index contributed by atoms with van der Waals surface area (Å²) in [5.41, 5.74) is 0. The SMILES string of the molecule is CCCCCCCCCCCCOC(=O)C(NC(=O)OCCCC)C(C)C. The fourth-order valence-corrected chi connectivity index (χ4v) is 2.83. The number of ether oxygens (including phenoxy) is 2. The molecule has 0 aromatic carbocycles.